The van der Waals surface area contributed by atoms with E-state index >= 15 is 0 Å². The zero-order chi connectivity index (χ0) is 25.4. The summed E-state index contributed by atoms with van der Waals surface area (Å²) in [5.41, 5.74) is 4.35. The maximum Gasteiger partial charge on any atom is 0.278 e. The smallest absolute Gasteiger partial charge is 0.278 e. The number of fused-ring (bicyclic) bond motifs is 2. The van der Waals surface area contributed by atoms with Crippen molar-refractivity contribution in [2.75, 3.05) is 0 Å². The molecule has 2 atom stereocenters. The van der Waals surface area contributed by atoms with Crippen LogP contribution in [0.15, 0.2) is 44.4 Å². The van der Waals surface area contributed by atoms with Gasteiger partial charge in [0.1, 0.15) is 9.49 Å². The summed E-state index contributed by atoms with van der Waals surface area (Å²) in [6.07, 6.45) is 2.87. The number of hydrogen-bond donors (Lipinski definition) is 2. The van der Waals surface area contributed by atoms with Gasteiger partial charge in [0, 0.05) is 8.95 Å². The lowest BCUT2D eigenvalue weighted by atomic mass is 9.82. The SMILES string of the molecule is CC1=Cc2c(Br)cc(C)cc2C1(CCC1(S(=O)(=O)O)C(C)=Cc2c(Br)cc(C)cc21)S(=O)(=O)O. The summed E-state index contributed by atoms with van der Waals surface area (Å²) in [6, 6.07) is 7.10. The second-order valence-corrected chi connectivity index (χ2v) is 14.2. The maximum atomic E-state index is 13.0. The molecule has 0 fully saturated rings. The maximum absolute atomic E-state index is 13.0. The van der Waals surface area contributed by atoms with E-state index in [4.69, 9.17) is 0 Å². The topological polar surface area (TPSA) is 109 Å². The third-order valence-corrected chi connectivity index (χ3v) is 11.7. The Hall–Kier alpha value is -1.30. The van der Waals surface area contributed by atoms with Gasteiger partial charge in [-0.3, -0.25) is 9.11 Å². The molecule has 182 valence electrons. The monoisotopic (exact) mass is 630 g/mol. The van der Waals surface area contributed by atoms with Gasteiger partial charge in [-0.25, -0.2) is 0 Å². The van der Waals surface area contributed by atoms with Crippen molar-refractivity contribution >= 4 is 64.2 Å². The van der Waals surface area contributed by atoms with Gasteiger partial charge in [-0.2, -0.15) is 16.8 Å². The summed E-state index contributed by atoms with van der Waals surface area (Å²) in [7, 11) is -9.46. The van der Waals surface area contributed by atoms with Gasteiger partial charge in [0.15, 0.2) is 0 Å². The number of hydrogen-bond acceptors (Lipinski definition) is 4. The first-order chi connectivity index (χ1) is 15.6. The molecule has 34 heavy (non-hydrogen) atoms. The van der Waals surface area contributed by atoms with Crippen LogP contribution in [0.3, 0.4) is 0 Å². The van der Waals surface area contributed by atoms with E-state index < -0.39 is 29.7 Å². The van der Waals surface area contributed by atoms with E-state index in [1.807, 2.05) is 26.0 Å². The van der Waals surface area contributed by atoms with Crippen molar-refractivity contribution in [3.8, 4) is 0 Å². The first-order valence-corrected chi connectivity index (χ1v) is 15.0. The second-order valence-electron chi connectivity index (χ2n) is 9.17. The molecule has 0 saturated carbocycles. The molecule has 0 aliphatic heterocycles. The lowest BCUT2D eigenvalue weighted by molar-refractivity contribution is 0.399. The Kier molecular flexibility index (Phi) is 6.15. The molecule has 0 aromatic heterocycles. The fourth-order valence-electron chi connectivity index (χ4n) is 5.52. The van der Waals surface area contributed by atoms with Gasteiger partial charge in [0.25, 0.3) is 20.2 Å². The third kappa shape index (κ3) is 3.52. The van der Waals surface area contributed by atoms with Crippen LogP contribution in [0.25, 0.3) is 12.2 Å². The van der Waals surface area contributed by atoms with E-state index in [0.717, 1.165) is 11.1 Å². The van der Waals surface area contributed by atoms with Crippen molar-refractivity contribution in [3.05, 3.63) is 77.7 Å². The molecule has 0 spiro atoms. The fraction of sp³-hybridized carbons (Fsp3) is 0.333. The molecular formula is C24H24Br2O6S2. The van der Waals surface area contributed by atoms with E-state index in [-0.39, 0.29) is 12.8 Å². The van der Waals surface area contributed by atoms with Crippen molar-refractivity contribution in [2.45, 2.75) is 50.0 Å². The van der Waals surface area contributed by atoms with E-state index in [1.54, 1.807) is 38.1 Å². The summed E-state index contributed by atoms with van der Waals surface area (Å²) in [4.78, 5) is 0. The van der Waals surface area contributed by atoms with Crippen molar-refractivity contribution in [3.63, 3.8) is 0 Å². The van der Waals surface area contributed by atoms with E-state index in [0.29, 0.717) is 42.3 Å². The largest absolute Gasteiger partial charge is 0.285 e. The lowest BCUT2D eigenvalue weighted by Gasteiger charge is -2.35. The highest BCUT2D eigenvalue weighted by Gasteiger charge is 2.56. The fourth-order valence-corrected chi connectivity index (χ4v) is 9.44. The highest BCUT2D eigenvalue weighted by molar-refractivity contribution is 9.10. The van der Waals surface area contributed by atoms with Crippen LogP contribution in [-0.2, 0) is 29.7 Å². The molecule has 2 unspecified atom stereocenters. The summed E-state index contributed by atoms with van der Waals surface area (Å²) < 4.78 is 70.8. The minimum atomic E-state index is -4.73. The summed E-state index contributed by atoms with van der Waals surface area (Å²) in [5, 5.41) is 0. The molecule has 0 bridgehead atoms. The van der Waals surface area contributed by atoms with Gasteiger partial charge in [-0.1, -0.05) is 56.1 Å². The average molecular weight is 632 g/mol. The highest BCUT2D eigenvalue weighted by atomic mass is 79.9. The lowest BCUT2D eigenvalue weighted by Crippen LogP contribution is -2.41. The number of halogens is 2. The van der Waals surface area contributed by atoms with Gasteiger partial charge in [0.05, 0.1) is 0 Å². The Bertz CT molecular complexity index is 1410. The normalized spacial score (nSPS) is 24.0. The summed E-state index contributed by atoms with van der Waals surface area (Å²) >= 11 is 6.96. The second kappa shape index (κ2) is 8.11. The van der Waals surface area contributed by atoms with Gasteiger partial charge in [0.2, 0.25) is 0 Å². The quantitative estimate of drug-likeness (QED) is 0.375. The molecule has 0 radical (unpaired) electrons. The Labute approximate surface area is 216 Å². The molecule has 0 saturated heterocycles. The molecule has 6 nitrogen and oxygen atoms in total. The average Bonchev–Trinajstić information content (AvgIpc) is 3.12. The van der Waals surface area contributed by atoms with Crippen LogP contribution in [0.5, 0.6) is 0 Å². The number of benzene rings is 2. The number of rotatable bonds is 5. The zero-order valence-corrected chi connectivity index (χ0v) is 23.8. The summed E-state index contributed by atoms with van der Waals surface area (Å²) in [6.45, 7) is 6.85. The minimum absolute atomic E-state index is 0.257. The molecule has 2 aromatic carbocycles. The molecular weight excluding hydrogens is 608 g/mol. The van der Waals surface area contributed by atoms with Crippen LogP contribution in [0, 0.1) is 13.8 Å². The zero-order valence-electron chi connectivity index (χ0n) is 19.0. The highest BCUT2D eigenvalue weighted by Crippen LogP contribution is 2.56. The molecule has 2 aliphatic carbocycles. The van der Waals surface area contributed by atoms with Crippen molar-refractivity contribution in [2.24, 2.45) is 0 Å². The van der Waals surface area contributed by atoms with Crippen LogP contribution in [-0.4, -0.2) is 25.9 Å². The first kappa shape index (κ1) is 25.8. The number of aryl methyl sites for hydroxylation is 2. The van der Waals surface area contributed by atoms with Crippen LogP contribution in [0.2, 0.25) is 0 Å². The van der Waals surface area contributed by atoms with Crippen molar-refractivity contribution in [1.29, 1.82) is 0 Å². The third-order valence-electron chi connectivity index (χ3n) is 7.12. The standard InChI is InChI=1S/C24H24Br2O6S2/c1-13-7-19-17(21(25)9-13)11-15(3)23(19,33(27,28)29)5-6-24(34(30,31)32)16(4)12-18-20(24)8-14(2)10-22(18)26/h7-12H,5-6H2,1-4H3,(H,27,28,29)(H,30,31,32). The van der Waals surface area contributed by atoms with Gasteiger partial charge >= 0.3 is 0 Å². The Balaban J connectivity index is 1.96. The van der Waals surface area contributed by atoms with Crippen LogP contribution >= 0.6 is 31.9 Å². The predicted octanol–water partition coefficient (Wildman–Crippen LogP) is 6.31. The molecule has 10 heteroatoms. The first-order valence-electron chi connectivity index (χ1n) is 10.5. The molecule has 0 amide bonds. The Morgan fingerprint density at radius 2 is 1.00 bits per heavy atom. The van der Waals surface area contributed by atoms with Crippen LogP contribution < -0.4 is 0 Å². The van der Waals surface area contributed by atoms with Crippen LogP contribution in [0.1, 0.15) is 60.1 Å². The molecule has 2 aromatic rings. The Morgan fingerprint density at radius 3 is 1.29 bits per heavy atom. The predicted molar refractivity (Wildman–Crippen MR) is 141 cm³/mol. The van der Waals surface area contributed by atoms with Crippen LogP contribution in [0.4, 0.5) is 0 Å². The van der Waals surface area contributed by atoms with Gasteiger partial charge < -0.3 is 0 Å². The molecule has 0 heterocycles. The molecule has 2 aliphatic rings. The van der Waals surface area contributed by atoms with E-state index in [9.17, 15) is 25.9 Å². The molecule has 4 rings (SSSR count). The van der Waals surface area contributed by atoms with E-state index in [1.165, 1.54) is 0 Å². The molecule has 2 N–H and O–H groups in total. The van der Waals surface area contributed by atoms with Crippen molar-refractivity contribution < 1.29 is 25.9 Å². The summed E-state index contributed by atoms with van der Waals surface area (Å²) in [5.74, 6) is 0. The Morgan fingerprint density at radius 1 is 0.676 bits per heavy atom. The van der Waals surface area contributed by atoms with E-state index in [2.05, 4.69) is 31.9 Å². The van der Waals surface area contributed by atoms with Gasteiger partial charge in [-0.05, 0) is 97.2 Å². The minimum Gasteiger partial charge on any atom is -0.285 e. The van der Waals surface area contributed by atoms with Gasteiger partial charge in [-0.15, -0.1) is 0 Å². The van der Waals surface area contributed by atoms with Crippen molar-refractivity contribution in [1.82, 2.24) is 0 Å².